The van der Waals surface area contributed by atoms with Gasteiger partial charge in [-0.05, 0) is 49.3 Å². The average Bonchev–Trinajstić information content (AvgIpc) is 2.20. The minimum atomic E-state index is -0.732. The van der Waals surface area contributed by atoms with Crippen molar-refractivity contribution in [2.45, 2.75) is 20.1 Å². The molecule has 16 heavy (non-hydrogen) atoms. The Kier molecular flexibility index (Phi) is 2.79. The Morgan fingerprint density at radius 3 is 2.69 bits per heavy atom. The van der Waals surface area contributed by atoms with Crippen LogP contribution < -0.4 is 4.90 Å². The fraction of sp³-hybridized carbons (Fsp3) is 0.231. The summed E-state index contributed by atoms with van der Waals surface area (Å²) in [5.74, 6) is -0.289. The molecule has 2 rings (SSSR count). The number of rotatable bonds is 1. The van der Waals surface area contributed by atoms with Crippen LogP contribution in [0.3, 0.4) is 0 Å². The third kappa shape index (κ3) is 2.14. The van der Waals surface area contributed by atoms with Crippen molar-refractivity contribution in [3.63, 3.8) is 0 Å². The molecule has 1 aliphatic rings. The second-order valence-corrected chi connectivity index (χ2v) is 4.04. The largest absolute Gasteiger partial charge is 0.370 e. The highest BCUT2D eigenvalue weighted by atomic mass is 19.1. The second kappa shape index (κ2) is 4.10. The highest BCUT2D eigenvalue weighted by molar-refractivity contribution is 5.55. The summed E-state index contributed by atoms with van der Waals surface area (Å²) in [6.45, 7) is 3.76. The zero-order valence-corrected chi connectivity index (χ0v) is 9.31. The molecule has 0 bridgehead atoms. The van der Waals surface area contributed by atoms with E-state index in [2.05, 4.69) is 0 Å². The van der Waals surface area contributed by atoms with E-state index in [4.69, 9.17) is 0 Å². The predicted molar refractivity (Wildman–Crippen MR) is 62.5 cm³/mol. The Balaban J connectivity index is 2.40. The molecule has 0 fully saturated rings. The van der Waals surface area contributed by atoms with Crippen molar-refractivity contribution in [2.75, 3.05) is 4.90 Å². The van der Waals surface area contributed by atoms with Gasteiger partial charge in [0, 0.05) is 11.9 Å². The van der Waals surface area contributed by atoms with Gasteiger partial charge in [0.15, 0.2) is 0 Å². The van der Waals surface area contributed by atoms with E-state index < -0.39 is 6.23 Å². The maximum atomic E-state index is 13.3. The predicted octanol–water partition coefficient (Wildman–Crippen LogP) is 2.73. The summed E-state index contributed by atoms with van der Waals surface area (Å²) >= 11 is 0. The summed E-state index contributed by atoms with van der Waals surface area (Å²) in [4.78, 5) is 1.64. The Hall–Kier alpha value is -1.61. The first-order valence-corrected chi connectivity index (χ1v) is 5.16. The maximum absolute atomic E-state index is 13.3. The topological polar surface area (TPSA) is 23.5 Å². The molecule has 84 valence electrons. The Bertz CT molecular complexity index is 445. The molecule has 1 atom stereocenters. The van der Waals surface area contributed by atoms with Gasteiger partial charge < -0.3 is 10.0 Å². The second-order valence-electron chi connectivity index (χ2n) is 4.04. The molecule has 0 aromatic heterocycles. The minimum Gasteiger partial charge on any atom is -0.370 e. The van der Waals surface area contributed by atoms with Gasteiger partial charge in [0.1, 0.15) is 12.0 Å². The lowest BCUT2D eigenvalue weighted by molar-refractivity contribution is 0.226. The molecule has 0 saturated heterocycles. The molecule has 1 aromatic rings. The van der Waals surface area contributed by atoms with E-state index in [0.29, 0.717) is 5.69 Å². The summed E-state index contributed by atoms with van der Waals surface area (Å²) in [5, 5.41) is 9.79. The Labute approximate surface area is 94.3 Å². The van der Waals surface area contributed by atoms with Crippen LogP contribution >= 0.6 is 0 Å². The van der Waals surface area contributed by atoms with Crippen molar-refractivity contribution in [1.29, 1.82) is 0 Å². The first kappa shape index (κ1) is 10.9. The van der Waals surface area contributed by atoms with Gasteiger partial charge in [0.05, 0.1) is 0 Å². The van der Waals surface area contributed by atoms with Gasteiger partial charge >= 0.3 is 0 Å². The molecular weight excluding hydrogens is 205 g/mol. The van der Waals surface area contributed by atoms with Crippen LogP contribution in [0.15, 0.2) is 42.1 Å². The SMILES string of the molecule is CC1=CN(c2cc(C)cc(F)c2)C(O)C=C1. The number of hydrogen-bond acceptors (Lipinski definition) is 2. The summed E-state index contributed by atoms with van der Waals surface area (Å²) < 4.78 is 13.3. The van der Waals surface area contributed by atoms with Crippen molar-refractivity contribution in [3.05, 3.63) is 53.5 Å². The van der Waals surface area contributed by atoms with E-state index in [0.717, 1.165) is 11.1 Å². The van der Waals surface area contributed by atoms with Crippen LogP contribution in [0.2, 0.25) is 0 Å². The van der Waals surface area contributed by atoms with Crippen molar-refractivity contribution in [2.24, 2.45) is 0 Å². The third-order valence-electron chi connectivity index (χ3n) is 2.48. The summed E-state index contributed by atoms with van der Waals surface area (Å²) in [7, 11) is 0. The van der Waals surface area contributed by atoms with Crippen LogP contribution in [0.1, 0.15) is 12.5 Å². The molecule has 1 unspecified atom stereocenters. The highest BCUT2D eigenvalue weighted by Gasteiger charge is 2.15. The van der Waals surface area contributed by atoms with E-state index in [1.54, 1.807) is 17.2 Å². The molecule has 1 heterocycles. The van der Waals surface area contributed by atoms with E-state index in [9.17, 15) is 9.50 Å². The third-order valence-corrected chi connectivity index (χ3v) is 2.48. The number of nitrogens with zero attached hydrogens (tertiary/aromatic N) is 1. The van der Waals surface area contributed by atoms with Crippen LogP contribution in [-0.2, 0) is 0 Å². The van der Waals surface area contributed by atoms with Crippen LogP contribution in [0.4, 0.5) is 10.1 Å². The monoisotopic (exact) mass is 219 g/mol. The van der Waals surface area contributed by atoms with Crippen molar-refractivity contribution in [1.82, 2.24) is 0 Å². The lowest BCUT2D eigenvalue weighted by Gasteiger charge is -2.28. The quantitative estimate of drug-likeness (QED) is 0.785. The van der Waals surface area contributed by atoms with Crippen LogP contribution in [0.25, 0.3) is 0 Å². The minimum absolute atomic E-state index is 0.289. The van der Waals surface area contributed by atoms with Crippen molar-refractivity contribution < 1.29 is 9.50 Å². The number of aliphatic hydroxyl groups is 1. The van der Waals surface area contributed by atoms with E-state index in [1.807, 2.05) is 26.0 Å². The molecule has 0 aliphatic carbocycles. The van der Waals surface area contributed by atoms with E-state index >= 15 is 0 Å². The van der Waals surface area contributed by atoms with Crippen molar-refractivity contribution in [3.8, 4) is 0 Å². The van der Waals surface area contributed by atoms with Gasteiger partial charge in [-0.15, -0.1) is 0 Å². The molecule has 3 heteroatoms. The summed E-state index contributed by atoms with van der Waals surface area (Å²) in [5.41, 5.74) is 2.52. The maximum Gasteiger partial charge on any atom is 0.150 e. The molecule has 1 aliphatic heterocycles. The van der Waals surface area contributed by atoms with Gasteiger partial charge in [-0.25, -0.2) is 4.39 Å². The molecule has 2 nitrogen and oxygen atoms in total. The number of allylic oxidation sites excluding steroid dienone is 2. The van der Waals surface area contributed by atoms with Crippen LogP contribution in [0, 0.1) is 12.7 Å². The van der Waals surface area contributed by atoms with Gasteiger partial charge in [0.25, 0.3) is 0 Å². The molecule has 0 spiro atoms. The molecular formula is C13H14FNO. The first-order chi connectivity index (χ1) is 7.56. The number of benzene rings is 1. The Morgan fingerprint density at radius 1 is 1.25 bits per heavy atom. The Morgan fingerprint density at radius 2 is 2.00 bits per heavy atom. The normalized spacial score (nSPS) is 19.9. The summed E-state index contributed by atoms with van der Waals surface area (Å²) in [6.07, 6.45) is 4.59. The first-order valence-electron chi connectivity index (χ1n) is 5.16. The lowest BCUT2D eigenvalue weighted by atomic mass is 10.1. The van der Waals surface area contributed by atoms with E-state index in [-0.39, 0.29) is 5.82 Å². The van der Waals surface area contributed by atoms with Gasteiger partial charge in [0.2, 0.25) is 0 Å². The summed E-state index contributed by atoms with van der Waals surface area (Å²) in [6, 6.07) is 4.72. The standard InChI is InChI=1S/C13H14FNO/c1-9-3-4-13(16)15(8-9)12-6-10(2)5-11(14)7-12/h3-8,13,16H,1-2H3. The van der Waals surface area contributed by atoms with Gasteiger partial charge in [-0.1, -0.05) is 6.08 Å². The molecule has 1 N–H and O–H groups in total. The fourth-order valence-electron chi connectivity index (χ4n) is 1.76. The number of anilines is 1. The van der Waals surface area contributed by atoms with E-state index in [1.165, 1.54) is 12.1 Å². The molecule has 0 saturated carbocycles. The smallest absolute Gasteiger partial charge is 0.150 e. The average molecular weight is 219 g/mol. The molecule has 1 aromatic carbocycles. The number of aryl methyl sites for hydroxylation is 1. The molecule has 0 radical (unpaired) electrons. The highest BCUT2D eigenvalue weighted by Crippen LogP contribution is 2.24. The van der Waals surface area contributed by atoms with Crippen LogP contribution in [-0.4, -0.2) is 11.3 Å². The zero-order valence-electron chi connectivity index (χ0n) is 9.31. The van der Waals surface area contributed by atoms with Gasteiger partial charge in [-0.2, -0.15) is 0 Å². The van der Waals surface area contributed by atoms with Gasteiger partial charge in [-0.3, -0.25) is 0 Å². The number of aliphatic hydroxyl groups excluding tert-OH is 1. The molecule has 0 amide bonds. The van der Waals surface area contributed by atoms with Crippen LogP contribution in [0.5, 0.6) is 0 Å². The number of hydrogen-bond donors (Lipinski definition) is 1. The fourth-order valence-corrected chi connectivity index (χ4v) is 1.76. The van der Waals surface area contributed by atoms with Crippen molar-refractivity contribution >= 4 is 5.69 Å². The lowest BCUT2D eigenvalue weighted by Crippen LogP contribution is -2.30. The zero-order chi connectivity index (χ0) is 11.7. The number of halogens is 1.